The number of ether oxygens (including phenoxy) is 1. The summed E-state index contributed by atoms with van der Waals surface area (Å²) >= 11 is 0. The molecular formula is C15H21NO2. The van der Waals surface area contributed by atoms with Gasteiger partial charge in [0.15, 0.2) is 5.78 Å². The first-order valence-electron chi connectivity index (χ1n) is 6.63. The maximum absolute atomic E-state index is 12.3. The zero-order chi connectivity index (χ0) is 13.2. The summed E-state index contributed by atoms with van der Waals surface area (Å²) < 4.78 is 5.70. The number of nitrogens with two attached hydrogens (primary N) is 1. The van der Waals surface area contributed by atoms with Gasteiger partial charge in [-0.2, -0.15) is 0 Å². The summed E-state index contributed by atoms with van der Waals surface area (Å²) in [5.41, 5.74) is 5.94. The van der Waals surface area contributed by atoms with Crippen LogP contribution in [-0.2, 0) is 0 Å². The van der Waals surface area contributed by atoms with Crippen LogP contribution in [0.25, 0.3) is 0 Å². The molecule has 2 N–H and O–H groups in total. The number of carbonyl (C=O) groups is 1. The number of hydrogen-bond donors (Lipinski definition) is 1. The highest BCUT2D eigenvalue weighted by atomic mass is 16.5. The summed E-state index contributed by atoms with van der Waals surface area (Å²) in [6.45, 7) is 3.83. The van der Waals surface area contributed by atoms with Crippen LogP contribution in [0.15, 0.2) is 24.3 Å². The normalized spacial score (nSPS) is 18.2. The monoisotopic (exact) mass is 247 g/mol. The molecule has 1 atom stereocenters. The van der Waals surface area contributed by atoms with E-state index in [-0.39, 0.29) is 5.78 Å². The van der Waals surface area contributed by atoms with Crippen molar-refractivity contribution in [3.05, 3.63) is 29.8 Å². The van der Waals surface area contributed by atoms with Crippen molar-refractivity contribution in [1.82, 2.24) is 0 Å². The van der Waals surface area contributed by atoms with Crippen molar-refractivity contribution < 1.29 is 9.53 Å². The van der Waals surface area contributed by atoms with Gasteiger partial charge in [-0.15, -0.1) is 0 Å². The quantitative estimate of drug-likeness (QED) is 0.786. The second-order valence-corrected chi connectivity index (χ2v) is 5.34. The lowest BCUT2D eigenvalue weighted by molar-refractivity contribution is 0.0892. The summed E-state index contributed by atoms with van der Waals surface area (Å²) in [4.78, 5) is 12.3. The van der Waals surface area contributed by atoms with Crippen molar-refractivity contribution in [2.75, 3.05) is 0 Å². The molecule has 1 aliphatic carbocycles. The Hall–Kier alpha value is -1.35. The fourth-order valence-corrected chi connectivity index (χ4v) is 2.05. The predicted molar refractivity (Wildman–Crippen MR) is 71.9 cm³/mol. The molecule has 3 heteroatoms. The third kappa shape index (κ3) is 3.10. The summed E-state index contributed by atoms with van der Waals surface area (Å²) in [6.07, 6.45) is 4.16. The van der Waals surface area contributed by atoms with Crippen molar-refractivity contribution in [2.24, 2.45) is 5.73 Å². The molecule has 18 heavy (non-hydrogen) atoms. The number of benzene rings is 1. The van der Waals surface area contributed by atoms with Crippen LogP contribution in [0.2, 0.25) is 0 Å². The fourth-order valence-electron chi connectivity index (χ4n) is 2.05. The number of Topliss-reactive ketones (excluding diaryl/α,β-unsaturated/α-hetero) is 1. The smallest absolute Gasteiger partial charge is 0.182 e. The van der Waals surface area contributed by atoms with Gasteiger partial charge in [-0.25, -0.2) is 0 Å². The lowest BCUT2D eigenvalue weighted by Gasteiger charge is -2.22. The average Bonchev–Trinajstić information content (AvgIpc) is 3.12. The van der Waals surface area contributed by atoms with Gasteiger partial charge >= 0.3 is 0 Å². The molecule has 0 aromatic heterocycles. The predicted octanol–water partition coefficient (Wildman–Crippen LogP) is 2.93. The van der Waals surface area contributed by atoms with E-state index in [2.05, 4.69) is 0 Å². The van der Waals surface area contributed by atoms with Crippen LogP contribution < -0.4 is 10.5 Å². The fraction of sp³-hybridized carbons (Fsp3) is 0.533. The second-order valence-electron chi connectivity index (χ2n) is 5.34. The zero-order valence-electron chi connectivity index (χ0n) is 11.1. The van der Waals surface area contributed by atoms with Crippen molar-refractivity contribution >= 4 is 5.78 Å². The highest BCUT2D eigenvalue weighted by Gasteiger charge is 2.29. The topological polar surface area (TPSA) is 52.3 Å². The van der Waals surface area contributed by atoms with E-state index in [1.165, 1.54) is 0 Å². The minimum atomic E-state index is -0.785. The van der Waals surface area contributed by atoms with E-state index in [0.29, 0.717) is 18.1 Å². The molecule has 0 aliphatic heterocycles. The Balaban J connectivity index is 2.13. The standard InChI is InChI=1S/C15H21NO2/c1-3-9-15(2,16)14(17)11-5-4-6-13(10-11)18-12-7-8-12/h4-6,10,12H,3,7-9,16H2,1-2H3. The molecule has 1 unspecified atom stereocenters. The number of hydrogen-bond acceptors (Lipinski definition) is 3. The highest BCUT2D eigenvalue weighted by Crippen LogP contribution is 2.28. The molecule has 0 radical (unpaired) electrons. The molecule has 0 heterocycles. The Kier molecular flexibility index (Phi) is 3.71. The van der Waals surface area contributed by atoms with Crippen LogP contribution in [0.1, 0.15) is 49.9 Å². The third-order valence-electron chi connectivity index (χ3n) is 3.21. The maximum Gasteiger partial charge on any atom is 0.182 e. The van der Waals surface area contributed by atoms with Crippen molar-refractivity contribution in [1.29, 1.82) is 0 Å². The van der Waals surface area contributed by atoms with E-state index in [0.717, 1.165) is 25.0 Å². The molecule has 0 bridgehead atoms. The Morgan fingerprint density at radius 3 is 2.83 bits per heavy atom. The van der Waals surface area contributed by atoms with Gasteiger partial charge in [0, 0.05) is 5.56 Å². The third-order valence-corrected chi connectivity index (χ3v) is 3.21. The number of rotatable bonds is 6. The van der Waals surface area contributed by atoms with Crippen LogP contribution in [0.3, 0.4) is 0 Å². The van der Waals surface area contributed by atoms with Gasteiger partial charge < -0.3 is 10.5 Å². The molecule has 1 aliphatic rings. The largest absolute Gasteiger partial charge is 0.490 e. The SMILES string of the molecule is CCCC(C)(N)C(=O)c1cccc(OC2CC2)c1. The van der Waals surface area contributed by atoms with Crippen molar-refractivity contribution in [3.63, 3.8) is 0 Å². The van der Waals surface area contributed by atoms with Crippen LogP contribution in [0.4, 0.5) is 0 Å². The molecule has 1 aromatic carbocycles. The van der Waals surface area contributed by atoms with E-state index in [4.69, 9.17) is 10.5 Å². The van der Waals surface area contributed by atoms with Crippen LogP contribution in [0.5, 0.6) is 5.75 Å². The van der Waals surface area contributed by atoms with Gasteiger partial charge in [0.2, 0.25) is 0 Å². The van der Waals surface area contributed by atoms with Gasteiger partial charge in [0.25, 0.3) is 0 Å². The molecule has 0 spiro atoms. The molecule has 1 saturated carbocycles. The molecule has 1 fully saturated rings. The summed E-state index contributed by atoms with van der Waals surface area (Å²) in [7, 11) is 0. The van der Waals surface area contributed by atoms with E-state index in [9.17, 15) is 4.79 Å². The summed E-state index contributed by atoms with van der Waals surface area (Å²) in [6, 6.07) is 7.36. The van der Waals surface area contributed by atoms with E-state index in [1.807, 2.05) is 25.1 Å². The first-order chi connectivity index (χ1) is 8.53. The Bertz CT molecular complexity index is 436. The van der Waals surface area contributed by atoms with Gasteiger partial charge in [-0.1, -0.05) is 25.5 Å². The molecule has 3 nitrogen and oxygen atoms in total. The van der Waals surface area contributed by atoms with Gasteiger partial charge in [-0.05, 0) is 38.3 Å². The van der Waals surface area contributed by atoms with E-state index < -0.39 is 5.54 Å². The average molecular weight is 247 g/mol. The van der Waals surface area contributed by atoms with Gasteiger partial charge in [0.05, 0.1) is 11.6 Å². The number of ketones is 1. The van der Waals surface area contributed by atoms with Gasteiger partial charge in [0.1, 0.15) is 5.75 Å². The first kappa shape index (κ1) is 13.1. The second kappa shape index (κ2) is 5.11. The lowest BCUT2D eigenvalue weighted by Crippen LogP contribution is -2.44. The minimum absolute atomic E-state index is 0.00871. The Morgan fingerprint density at radius 1 is 1.50 bits per heavy atom. The Labute approximate surface area is 108 Å². The summed E-state index contributed by atoms with van der Waals surface area (Å²) in [5, 5.41) is 0. The van der Waals surface area contributed by atoms with E-state index in [1.54, 1.807) is 13.0 Å². The lowest BCUT2D eigenvalue weighted by atomic mass is 9.88. The Morgan fingerprint density at radius 2 is 2.22 bits per heavy atom. The first-order valence-corrected chi connectivity index (χ1v) is 6.63. The highest BCUT2D eigenvalue weighted by molar-refractivity contribution is 6.03. The zero-order valence-corrected chi connectivity index (χ0v) is 11.1. The molecular weight excluding hydrogens is 226 g/mol. The summed E-state index contributed by atoms with van der Waals surface area (Å²) in [5.74, 6) is 0.765. The molecule has 2 rings (SSSR count). The van der Waals surface area contributed by atoms with E-state index >= 15 is 0 Å². The maximum atomic E-state index is 12.3. The van der Waals surface area contributed by atoms with Crippen LogP contribution in [0, 0.1) is 0 Å². The molecule has 1 aromatic rings. The van der Waals surface area contributed by atoms with Crippen LogP contribution >= 0.6 is 0 Å². The van der Waals surface area contributed by atoms with Crippen LogP contribution in [-0.4, -0.2) is 17.4 Å². The molecule has 0 amide bonds. The van der Waals surface area contributed by atoms with Gasteiger partial charge in [-0.3, -0.25) is 4.79 Å². The minimum Gasteiger partial charge on any atom is -0.490 e. The van der Waals surface area contributed by atoms with Crippen molar-refractivity contribution in [3.8, 4) is 5.75 Å². The molecule has 0 saturated heterocycles. The molecule has 98 valence electrons. The van der Waals surface area contributed by atoms with Crippen molar-refractivity contribution in [2.45, 2.75) is 51.2 Å². The number of carbonyl (C=O) groups excluding carboxylic acids is 1.